The molecule has 3 fully saturated rings. The number of ether oxygens (including phenoxy) is 1. The van der Waals surface area contributed by atoms with E-state index in [2.05, 4.69) is 34.5 Å². The summed E-state index contributed by atoms with van der Waals surface area (Å²) >= 11 is 0. The predicted octanol–water partition coefficient (Wildman–Crippen LogP) is 3.41. The second-order valence-electron chi connectivity index (χ2n) is 10.1. The van der Waals surface area contributed by atoms with Gasteiger partial charge in [-0.15, -0.1) is 0 Å². The third-order valence-corrected chi connectivity index (χ3v) is 9.81. The molecule has 0 amide bonds. The minimum Gasteiger partial charge on any atom is -0.482 e. The number of hydrogen-bond acceptors (Lipinski definition) is 5. The lowest BCUT2D eigenvalue weighted by atomic mass is 9.90. The van der Waals surface area contributed by atoms with Gasteiger partial charge in [-0.3, -0.25) is 4.90 Å². The third-order valence-electron chi connectivity index (χ3n) is 7.48. The van der Waals surface area contributed by atoms with Gasteiger partial charge in [0.2, 0.25) is 10.0 Å². The average molecular weight is 506 g/mol. The lowest BCUT2D eigenvalue weighted by molar-refractivity contribution is 0.00987. The summed E-state index contributed by atoms with van der Waals surface area (Å²) in [6.45, 7) is 6.05. The van der Waals surface area contributed by atoms with Crippen LogP contribution in [-0.2, 0) is 16.6 Å². The van der Waals surface area contributed by atoms with Crippen molar-refractivity contribution in [1.82, 2.24) is 14.5 Å². The smallest absolute Gasteiger partial charge is 0.218 e. The van der Waals surface area contributed by atoms with Crippen LogP contribution < -0.4 is 10.1 Å². The molecule has 0 bridgehead atoms. The molecule has 3 saturated heterocycles. The highest BCUT2D eigenvalue weighted by Gasteiger charge is 2.37. The normalized spacial score (nSPS) is 22.9. The van der Waals surface area contributed by atoms with E-state index in [4.69, 9.17) is 4.74 Å². The van der Waals surface area contributed by atoms with Gasteiger partial charge in [0.1, 0.15) is 6.10 Å². The molecule has 1 unspecified atom stereocenters. The standard InChI is InChI=1S/C26H33F2N3O3S/c1-18-2-4-19(5-3-18)15-30-16-22(17-30)34-26-24(27)12-21(13-25(26)28)20-7-10-31(11-8-20)35(32,33)23-6-9-29-14-23/h2-5,12-13,20,22-23,29H,6-11,14-17H2,1H3. The van der Waals surface area contributed by atoms with Crippen LogP contribution in [0.1, 0.15) is 41.9 Å². The first-order chi connectivity index (χ1) is 16.8. The minimum atomic E-state index is -3.33. The Kier molecular flexibility index (Phi) is 7.12. The second kappa shape index (κ2) is 10.1. The van der Waals surface area contributed by atoms with E-state index in [0.29, 0.717) is 57.5 Å². The highest BCUT2D eigenvalue weighted by molar-refractivity contribution is 7.89. The molecule has 0 spiro atoms. The van der Waals surface area contributed by atoms with Gasteiger partial charge in [0.15, 0.2) is 17.4 Å². The molecule has 0 aromatic heterocycles. The van der Waals surface area contributed by atoms with E-state index in [-0.39, 0.29) is 23.0 Å². The van der Waals surface area contributed by atoms with Crippen LogP contribution in [0.4, 0.5) is 8.78 Å². The van der Waals surface area contributed by atoms with Crippen LogP contribution >= 0.6 is 0 Å². The number of aryl methyl sites for hydroxylation is 1. The van der Waals surface area contributed by atoms with Gasteiger partial charge in [0, 0.05) is 39.3 Å². The van der Waals surface area contributed by atoms with Crippen molar-refractivity contribution in [2.24, 2.45) is 0 Å². The van der Waals surface area contributed by atoms with Gasteiger partial charge in [-0.2, -0.15) is 0 Å². The number of hydrogen-bond donors (Lipinski definition) is 1. The monoisotopic (exact) mass is 505 g/mol. The summed E-state index contributed by atoms with van der Waals surface area (Å²) in [5.41, 5.74) is 2.99. The van der Waals surface area contributed by atoms with Crippen molar-refractivity contribution >= 4 is 10.0 Å². The largest absolute Gasteiger partial charge is 0.482 e. The van der Waals surface area contributed by atoms with Crippen molar-refractivity contribution in [2.75, 3.05) is 39.3 Å². The SMILES string of the molecule is Cc1ccc(CN2CC(Oc3c(F)cc(C4CCN(S(=O)(=O)C5CCNC5)CC4)cc3F)C2)cc1. The summed E-state index contributed by atoms with van der Waals surface area (Å²) in [5.74, 6) is -1.77. The molecule has 3 heterocycles. The average Bonchev–Trinajstić information content (AvgIpc) is 3.37. The van der Waals surface area contributed by atoms with Gasteiger partial charge in [-0.25, -0.2) is 21.5 Å². The van der Waals surface area contributed by atoms with Crippen LogP contribution in [0.2, 0.25) is 0 Å². The maximum absolute atomic E-state index is 14.8. The zero-order valence-corrected chi connectivity index (χ0v) is 20.9. The van der Waals surface area contributed by atoms with E-state index in [0.717, 1.165) is 13.1 Å². The molecule has 1 atom stereocenters. The first-order valence-corrected chi connectivity index (χ1v) is 13.9. The number of rotatable bonds is 7. The fourth-order valence-corrected chi connectivity index (χ4v) is 7.19. The minimum absolute atomic E-state index is 0.0742. The van der Waals surface area contributed by atoms with Gasteiger partial charge >= 0.3 is 0 Å². The van der Waals surface area contributed by atoms with Crippen LogP contribution in [0.25, 0.3) is 0 Å². The Bertz CT molecular complexity index is 1120. The quantitative estimate of drug-likeness (QED) is 0.625. The molecule has 9 heteroatoms. The molecule has 2 aromatic rings. The van der Waals surface area contributed by atoms with Crippen molar-refractivity contribution in [2.45, 2.75) is 50.0 Å². The molecule has 0 saturated carbocycles. The maximum atomic E-state index is 14.8. The first-order valence-electron chi connectivity index (χ1n) is 12.4. The summed E-state index contributed by atoms with van der Waals surface area (Å²) < 4.78 is 62.5. The fourth-order valence-electron chi connectivity index (χ4n) is 5.31. The van der Waals surface area contributed by atoms with Gasteiger partial charge in [0.25, 0.3) is 0 Å². The summed E-state index contributed by atoms with van der Waals surface area (Å²) in [6.07, 6.45) is 1.49. The zero-order chi connectivity index (χ0) is 24.6. The Labute approximate surface area is 206 Å². The Balaban J connectivity index is 1.15. The second-order valence-corrected chi connectivity index (χ2v) is 12.3. The molecule has 2 aromatic carbocycles. The summed E-state index contributed by atoms with van der Waals surface area (Å²) in [7, 11) is -3.33. The third kappa shape index (κ3) is 5.38. The van der Waals surface area contributed by atoms with E-state index in [9.17, 15) is 17.2 Å². The number of halogens is 2. The molecular formula is C26H33F2N3O3S. The zero-order valence-electron chi connectivity index (χ0n) is 20.1. The lowest BCUT2D eigenvalue weighted by Gasteiger charge is -2.39. The van der Waals surface area contributed by atoms with Crippen LogP contribution in [0, 0.1) is 18.6 Å². The first kappa shape index (κ1) is 24.6. The number of likely N-dealkylation sites (tertiary alicyclic amines) is 1. The topological polar surface area (TPSA) is 61.9 Å². The van der Waals surface area contributed by atoms with Crippen LogP contribution in [0.3, 0.4) is 0 Å². The van der Waals surface area contributed by atoms with Crippen LogP contribution in [0.5, 0.6) is 5.75 Å². The van der Waals surface area contributed by atoms with Gasteiger partial charge < -0.3 is 10.1 Å². The Hall–Kier alpha value is -2.07. The van der Waals surface area contributed by atoms with Crippen molar-refractivity contribution < 1.29 is 21.9 Å². The molecule has 3 aliphatic rings. The summed E-state index contributed by atoms with van der Waals surface area (Å²) in [6, 6.07) is 11.0. The summed E-state index contributed by atoms with van der Waals surface area (Å²) in [4.78, 5) is 2.18. The molecule has 6 nitrogen and oxygen atoms in total. The van der Waals surface area contributed by atoms with Crippen molar-refractivity contribution in [3.05, 3.63) is 64.7 Å². The van der Waals surface area contributed by atoms with E-state index in [1.54, 1.807) is 4.31 Å². The lowest BCUT2D eigenvalue weighted by Crippen LogP contribution is -2.53. The van der Waals surface area contributed by atoms with E-state index in [1.165, 1.54) is 23.3 Å². The Morgan fingerprint density at radius 1 is 1.03 bits per heavy atom. The molecule has 3 aliphatic heterocycles. The molecule has 1 N–H and O–H groups in total. The van der Waals surface area contributed by atoms with Gasteiger partial charge in [0.05, 0.1) is 5.25 Å². The highest BCUT2D eigenvalue weighted by Crippen LogP contribution is 2.35. The number of nitrogens with one attached hydrogen (secondary N) is 1. The van der Waals surface area contributed by atoms with Crippen molar-refractivity contribution in [1.29, 1.82) is 0 Å². The fraction of sp³-hybridized carbons (Fsp3) is 0.538. The molecular weight excluding hydrogens is 472 g/mol. The molecule has 0 aliphatic carbocycles. The van der Waals surface area contributed by atoms with E-state index >= 15 is 0 Å². The van der Waals surface area contributed by atoms with Crippen LogP contribution in [-0.4, -0.2) is 68.2 Å². The highest BCUT2D eigenvalue weighted by atomic mass is 32.2. The maximum Gasteiger partial charge on any atom is 0.218 e. The molecule has 35 heavy (non-hydrogen) atoms. The molecule has 190 valence electrons. The molecule has 0 radical (unpaired) electrons. The summed E-state index contributed by atoms with van der Waals surface area (Å²) in [5, 5.41) is 2.73. The molecule has 5 rings (SSSR count). The Morgan fingerprint density at radius 2 is 1.69 bits per heavy atom. The van der Waals surface area contributed by atoms with Crippen molar-refractivity contribution in [3.8, 4) is 5.75 Å². The number of piperidine rings is 1. The van der Waals surface area contributed by atoms with Gasteiger partial charge in [-0.1, -0.05) is 29.8 Å². The number of sulfonamides is 1. The van der Waals surface area contributed by atoms with Crippen molar-refractivity contribution in [3.63, 3.8) is 0 Å². The predicted molar refractivity (Wildman–Crippen MR) is 131 cm³/mol. The Morgan fingerprint density at radius 3 is 2.29 bits per heavy atom. The number of nitrogens with zero attached hydrogens (tertiary/aromatic N) is 2. The van der Waals surface area contributed by atoms with E-state index < -0.39 is 21.7 Å². The van der Waals surface area contributed by atoms with E-state index in [1.807, 2.05) is 6.92 Å². The number of benzene rings is 2. The van der Waals surface area contributed by atoms with Gasteiger partial charge in [-0.05, 0) is 61.9 Å². The van der Waals surface area contributed by atoms with Crippen LogP contribution in [0.15, 0.2) is 36.4 Å².